The number of nitrogens with one attached hydrogen (secondary N) is 1. The molecule has 1 aliphatic rings. The van der Waals surface area contributed by atoms with Gasteiger partial charge in [0, 0.05) is 19.2 Å². The molecule has 21 heavy (non-hydrogen) atoms. The van der Waals surface area contributed by atoms with E-state index in [2.05, 4.69) is 43.4 Å². The molecule has 1 aliphatic carbocycles. The molecule has 118 valence electrons. The van der Waals surface area contributed by atoms with Crippen molar-refractivity contribution in [2.75, 3.05) is 13.2 Å². The van der Waals surface area contributed by atoms with Gasteiger partial charge < -0.3 is 15.2 Å². The van der Waals surface area contributed by atoms with Gasteiger partial charge in [0.25, 0.3) is 0 Å². The van der Waals surface area contributed by atoms with Crippen LogP contribution in [-0.4, -0.2) is 24.4 Å². The molecule has 3 nitrogen and oxygen atoms in total. The first-order valence-electron chi connectivity index (χ1n) is 8.23. The highest BCUT2D eigenvalue weighted by Gasteiger charge is 2.19. The summed E-state index contributed by atoms with van der Waals surface area (Å²) in [5, 5.41) is 12.8. The van der Waals surface area contributed by atoms with Crippen LogP contribution in [0.15, 0.2) is 24.3 Å². The van der Waals surface area contributed by atoms with Crippen LogP contribution in [0.5, 0.6) is 5.75 Å². The van der Waals surface area contributed by atoms with E-state index in [0.29, 0.717) is 24.5 Å². The van der Waals surface area contributed by atoms with Crippen LogP contribution in [0.25, 0.3) is 0 Å². The van der Waals surface area contributed by atoms with Gasteiger partial charge in [-0.05, 0) is 55.2 Å². The lowest BCUT2D eigenvalue weighted by atomic mass is 9.86. The standard InChI is InChI=1S/C18H29NO2/c1-14(2)13-21-18-9-5-15(6-10-18)11-19-17-7-3-16(12-20)4-8-17/h5-6,9-10,14,16-17,19-20H,3-4,7-8,11-13H2,1-2H3. The molecule has 0 aliphatic heterocycles. The topological polar surface area (TPSA) is 41.5 Å². The highest BCUT2D eigenvalue weighted by molar-refractivity contribution is 5.27. The minimum Gasteiger partial charge on any atom is -0.493 e. The van der Waals surface area contributed by atoms with E-state index in [1.165, 1.54) is 18.4 Å². The lowest BCUT2D eigenvalue weighted by Crippen LogP contribution is -2.33. The fourth-order valence-corrected chi connectivity index (χ4v) is 2.78. The predicted octanol–water partition coefficient (Wildman–Crippen LogP) is 3.36. The zero-order chi connectivity index (χ0) is 15.1. The van der Waals surface area contributed by atoms with Crippen LogP contribution >= 0.6 is 0 Å². The minimum atomic E-state index is 0.352. The molecule has 0 spiro atoms. The van der Waals surface area contributed by atoms with Crippen molar-refractivity contribution in [1.29, 1.82) is 0 Å². The first-order chi connectivity index (χ1) is 10.2. The van der Waals surface area contributed by atoms with E-state index in [4.69, 9.17) is 9.84 Å². The third-order valence-corrected chi connectivity index (χ3v) is 4.21. The second-order valence-electron chi connectivity index (χ2n) is 6.63. The molecule has 3 heteroatoms. The monoisotopic (exact) mass is 291 g/mol. The molecule has 0 atom stereocenters. The summed E-state index contributed by atoms with van der Waals surface area (Å²) >= 11 is 0. The molecule has 0 heterocycles. The van der Waals surface area contributed by atoms with Gasteiger partial charge in [-0.15, -0.1) is 0 Å². The Morgan fingerprint density at radius 1 is 1.14 bits per heavy atom. The van der Waals surface area contributed by atoms with Gasteiger partial charge in [-0.1, -0.05) is 26.0 Å². The predicted molar refractivity (Wildman–Crippen MR) is 86.4 cm³/mol. The van der Waals surface area contributed by atoms with E-state index < -0.39 is 0 Å². The summed E-state index contributed by atoms with van der Waals surface area (Å²) in [6.07, 6.45) is 4.66. The third kappa shape index (κ3) is 5.68. The van der Waals surface area contributed by atoms with Gasteiger partial charge in [-0.3, -0.25) is 0 Å². The zero-order valence-electron chi connectivity index (χ0n) is 13.3. The Labute approximate surface area is 128 Å². The fourth-order valence-electron chi connectivity index (χ4n) is 2.78. The molecule has 0 unspecified atom stereocenters. The molecule has 1 fully saturated rings. The maximum Gasteiger partial charge on any atom is 0.119 e. The van der Waals surface area contributed by atoms with Crippen molar-refractivity contribution < 1.29 is 9.84 Å². The zero-order valence-corrected chi connectivity index (χ0v) is 13.3. The Bertz CT molecular complexity index is 394. The van der Waals surface area contributed by atoms with Crippen molar-refractivity contribution in [3.63, 3.8) is 0 Å². The Balaban J connectivity index is 1.71. The van der Waals surface area contributed by atoms with Crippen molar-refractivity contribution in [1.82, 2.24) is 5.32 Å². The van der Waals surface area contributed by atoms with Crippen LogP contribution < -0.4 is 10.1 Å². The molecule has 2 N–H and O–H groups in total. The minimum absolute atomic E-state index is 0.352. The highest BCUT2D eigenvalue weighted by atomic mass is 16.5. The van der Waals surface area contributed by atoms with Crippen LogP contribution in [0.1, 0.15) is 45.1 Å². The number of aliphatic hydroxyl groups excluding tert-OH is 1. The number of hydrogen-bond donors (Lipinski definition) is 2. The lowest BCUT2D eigenvalue weighted by molar-refractivity contribution is 0.175. The molecule has 0 saturated heterocycles. The number of hydrogen-bond acceptors (Lipinski definition) is 3. The highest BCUT2D eigenvalue weighted by Crippen LogP contribution is 2.24. The molecule has 1 aromatic rings. The summed E-state index contributed by atoms with van der Waals surface area (Å²) in [7, 11) is 0. The van der Waals surface area contributed by atoms with Gasteiger partial charge in [-0.25, -0.2) is 0 Å². The molecule has 2 rings (SSSR count). The van der Waals surface area contributed by atoms with Crippen molar-refractivity contribution in [3.05, 3.63) is 29.8 Å². The molecular formula is C18H29NO2. The van der Waals surface area contributed by atoms with Crippen molar-refractivity contribution in [2.45, 2.75) is 52.1 Å². The van der Waals surface area contributed by atoms with E-state index in [1.54, 1.807) is 0 Å². The Kier molecular flexibility index (Phi) is 6.52. The van der Waals surface area contributed by atoms with Crippen LogP contribution in [0.2, 0.25) is 0 Å². The average molecular weight is 291 g/mol. The first kappa shape index (κ1) is 16.3. The molecular weight excluding hydrogens is 262 g/mol. The van der Waals surface area contributed by atoms with Crippen molar-refractivity contribution in [2.24, 2.45) is 11.8 Å². The Morgan fingerprint density at radius 3 is 2.38 bits per heavy atom. The van der Waals surface area contributed by atoms with E-state index in [1.807, 2.05) is 0 Å². The largest absolute Gasteiger partial charge is 0.493 e. The molecule has 1 saturated carbocycles. The number of ether oxygens (including phenoxy) is 1. The van der Waals surface area contributed by atoms with Gasteiger partial charge in [0.05, 0.1) is 6.61 Å². The van der Waals surface area contributed by atoms with E-state index in [-0.39, 0.29) is 0 Å². The summed E-state index contributed by atoms with van der Waals surface area (Å²) in [6.45, 7) is 6.35. The van der Waals surface area contributed by atoms with Gasteiger partial charge in [0.1, 0.15) is 5.75 Å². The van der Waals surface area contributed by atoms with Gasteiger partial charge in [-0.2, -0.15) is 0 Å². The van der Waals surface area contributed by atoms with Crippen LogP contribution in [0.3, 0.4) is 0 Å². The van der Waals surface area contributed by atoms with Gasteiger partial charge in [0.2, 0.25) is 0 Å². The van der Waals surface area contributed by atoms with Crippen LogP contribution in [0.4, 0.5) is 0 Å². The van der Waals surface area contributed by atoms with E-state index in [0.717, 1.165) is 31.7 Å². The van der Waals surface area contributed by atoms with Crippen LogP contribution in [-0.2, 0) is 6.54 Å². The lowest BCUT2D eigenvalue weighted by Gasteiger charge is -2.28. The van der Waals surface area contributed by atoms with Crippen molar-refractivity contribution >= 4 is 0 Å². The molecule has 0 aromatic heterocycles. The Morgan fingerprint density at radius 2 is 1.81 bits per heavy atom. The van der Waals surface area contributed by atoms with Gasteiger partial charge >= 0.3 is 0 Å². The maximum absolute atomic E-state index is 9.16. The second-order valence-corrected chi connectivity index (χ2v) is 6.63. The number of benzene rings is 1. The smallest absolute Gasteiger partial charge is 0.119 e. The van der Waals surface area contributed by atoms with Gasteiger partial charge in [0.15, 0.2) is 0 Å². The number of aliphatic hydroxyl groups is 1. The molecule has 0 radical (unpaired) electrons. The maximum atomic E-state index is 9.16. The summed E-state index contributed by atoms with van der Waals surface area (Å²) in [5.41, 5.74) is 1.30. The summed E-state index contributed by atoms with van der Waals surface area (Å²) in [5.74, 6) is 2.04. The normalized spacial score (nSPS) is 22.5. The Hall–Kier alpha value is -1.06. The first-order valence-corrected chi connectivity index (χ1v) is 8.23. The second kappa shape index (κ2) is 8.40. The fraction of sp³-hybridized carbons (Fsp3) is 0.667. The van der Waals surface area contributed by atoms with Crippen molar-refractivity contribution in [3.8, 4) is 5.75 Å². The van der Waals surface area contributed by atoms with E-state index in [9.17, 15) is 0 Å². The quantitative estimate of drug-likeness (QED) is 0.809. The van der Waals surface area contributed by atoms with E-state index >= 15 is 0 Å². The number of rotatable bonds is 7. The third-order valence-electron chi connectivity index (χ3n) is 4.21. The summed E-state index contributed by atoms with van der Waals surface area (Å²) in [6, 6.07) is 9.00. The summed E-state index contributed by atoms with van der Waals surface area (Å²) in [4.78, 5) is 0. The average Bonchev–Trinajstić information content (AvgIpc) is 2.52. The molecule has 0 bridgehead atoms. The SMILES string of the molecule is CC(C)COc1ccc(CNC2CCC(CO)CC2)cc1. The molecule has 0 amide bonds. The molecule has 1 aromatic carbocycles. The van der Waals surface area contributed by atoms with Crippen LogP contribution in [0, 0.1) is 11.8 Å². The summed E-state index contributed by atoms with van der Waals surface area (Å²) < 4.78 is 5.70.